The lowest BCUT2D eigenvalue weighted by molar-refractivity contribution is -0.111. The summed E-state index contributed by atoms with van der Waals surface area (Å²) in [7, 11) is 3.17. The fourth-order valence-electron chi connectivity index (χ4n) is 2.33. The van der Waals surface area contributed by atoms with Crippen molar-refractivity contribution >= 4 is 28.5 Å². The molecule has 0 atom stereocenters. The molecule has 0 radical (unpaired) electrons. The van der Waals surface area contributed by atoms with Crippen molar-refractivity contribution in [2.24, 2.45) is 0 Å². The standard InChI is InChI=1S/C18H23N3O3S/c1-5-13(6-2)17-20-21-18(25-17)19-16(22)8-7-12-9-14(23-3)11-15(10-12)24-4/h7-11,13H,5-6H2,1-4H3,(H,19,21,22)/b8-7+. The average molecular weight is 361 g/mol. The zero-order chi connectivity index (χ0) is 18.2. The van der Waals surface area contributed by atoms with Gasteiger partial charge in [0.25, 0.3) is 0 Å². The molecule has 1 aromatic heterocycles. The molecule has 1 aromatic carbocycles. The van der Waals surface area contributed by atoms with Crippen molar-refractivity contribution in [3.8, 4) is 11.5 Å². The lowest BCUT2D eigenvalue weighted by Gasteiger charge is -2.06. The number of anilines is 1. The molecule has 0 aliphatic rings. The number of nitrogens with zero attached hydrogens (tertiary/aromatic N) is 2. The number of carbonyl (C=O) groups is 1. The quantitative estimate of drug-likeness (QED) is 0.716. The van der Waals surface area contributed by atoms with Crippen molar-refractivity contribution in [1.82, 2.24) is 10.2 Å². The van der Waals surface area contributed by atoms with Gasteiger partial charge in [-0.15, -0.1) is 10.2 Å². The van der Waals surface area contributed by atoms with Crippen molar-refractivity contribution in [1.29, 1.82) is 0 Å². The minimum Gasteiger partial charge on any atom is -0.497 e. The Labute approximate surface area is 151 Å². The lowest BCUT2D eigenvalue weighted by atomic mass is 10.1. The van der Waals surface area contributed by atoms with Crippen LogP contribution >= 0.6 is 11.3 Å². The van der Waals surface area contributed by atoms with Gasteiger partial charge in [-0.1, -0.05) is 25.2 Å². The summed E-state index contributed by atoms with van der Waals surface area (Å²) in [6.45, 7) is 4.25. The van der Waals surface area contributed by atoms with Crippen LogP contribution in [0.2, 0.25) is 0 Å². The molecule has 0 fully saturated rings. The first-order valence-corrected chi connectivity index (χ1v) is 8.96. The molecule has 1 N–H and O–H groups in total. The van der Waals surface area contributed by atoms with Crippen LogP contribution in [0.1, 0.15) is 43.2 Å². The molecular weight excluding hydrogens is 338 g/mol. The van der Waals surface area contributed by atoms with Crippen LogP contribution < -0.4 is 14.8 Å². The third-order valence-corrected chi connectivity index (χ3v) is 4.81. The molecule has 0 aliphatic carbocycles. The number of rotatable bonds is 8. The fourth-order valence-corrected chi connectivity index (χ4v) is 3.35. The molecule has 1 amide bonds. The molecule has 0 saturated carbocycles. The third kappa shape index (κ3) is 5.29. The Morgan fingerprint density at radius 2 is 1.80 bits per heavy atom. The second-order valence-corrected chi connectivity index (χ2v) is 6.44. The molecule has 1 heterocycles. The maximum absolute atomic E-state index is 12.1. The molecule has 25 heavy (non-hydrogen) atoms. The first kappa shape index (κ1) is 18.9. The second kappa shape index (κ2) is 9.17. The van der Waals surface area contributed by atoms with E-state index in [0.29, 0.717) is 22.5 Å². The van der Waals surface area contributed by atoms with E-state index in [1.807, 2.05) is 12.1 Å². The van der Waals surface area contributed by atoms with Gasteiger partial charge in [0, 0.05) is 18.1 Å². The van der Waals surface area contributed by atoms with E-state index >= 15 is 0 Å². The number of benzene rings is 1. The van der Waals surface area contributed by atoms with Gasteiger partial charge in [0.15, 0.2) is 0 Å². The summed E-state index contributed by atoms with van der Waals surface area (Å²) < 4.78 is 10.4. The van der Waals surface area contributed by atoms with E-state index in [0.717, 1.165) is 23.4 Å². The molecule has 0 unspecified atom stereocenters. The summed E-state index contributed by atoms with van der Waals surface area (Å²) in [4.78, 5) is 12.1. The van der Waals surface area contributed by atoms with Crippen LogP contribution in [0.4, 0.5) is 5.13 Å². The first-order chi connectivity index (χ1) is 12.1. The monoisotopic (exact) mass is 361 g/mol. The van der Waals surface area contributed by atoms with Gasteiger partial charge in [-0.25, -0.2) is 0 Å². The molecule has 7 heteroatoms. The van der Waals surface area contributed by atoms with Crippen molar-refractivity contribution in [2.45, 2.75) is 32.6 Å². The second-order valence-electron chi connectivity index (χ2n) is 5.43. The van der Waals surface area contributed by atoms with Crippen LogP contribution in [-0.2, 0) is 4.79 Å². The third-order valence-electron chi connectivity index (χ3n) is 3.81. The van der Waals surface area contributed by atoms with Crippen molar-refractivity contribution < 1.29 is 14.3 Å². The average Bonchev–Trinajstić information content (AvgIpc) is 3.08. The van der Waals surface area contributed by atoms with E-state index in [1.54, 1.807) is 26.4 Å². The summed E-state index contributed by atoms with van der Waals surface area (Å²) in [6, 6.07) is 5.42. The Hall–Kier alpha value is -2.41. The minimum atomic E-state index is -0.256. The minimum absolute atomic E-state index is 0.256. The van der Waals surface area contributed by atoms with Crippen molar-refractivity contribution in [3.63, 3.8) is 0 Å². The number of carbonyl (C=O) groups excluding carboxylic acids is 1. The van der Waals surface area contributed by atoms with Crippen LogP contribution in [0.15, 0.2) is 24.3 Å². The van der Waals surface area contributed by atoms with Gasteiger partial charge in [0.1, 0.15) is 16.5 Å². The van der Waals surface area contributed by atoms with E-state index in [4.69, 9.17) is 9.47 Å². The Bertz CT molecular complexity index is 717. The van der Waals surface area contributed by atoms with E-state index in [-0.39, 0.29) is 5.91 Å². The Morgan fingerprint density at radius 1 is 1.16 bits per heavy atom. The van der Waals surface area contributed by atoms with Crippen LogP contribution in [0.3, 0.4) is 0 Å². The molecule has 6 nitrogen and oxygen atoms in total. The van der Waals surface area contributed by atoms with Gasteiger partial charge < -0.3 is 9.47 Å². The molecule has 0 spiro atoms. The maximum atomic E-state index is 12.1. The van der Waals surface area contributed by atoms with E-state index in [1.165, 1.54) is 17.4 Å². The van der Waals surface area contributed by atoms with Gasteiger partial charge in [0.2, 0.25) is 11.0 Å². The highest BCUT2D eigenvalue weighted by Gasteiger charge is 2.13. The molecule has 2 aromatic rings. The predicted octanol–water partition coefficient (Wildman–Crippen LogP) is 4.11. The van der Waals surface area contributed by atoms with Gasteiger partial charge in [-0.3, -0.25) is 10.1 Å². The summed E-state index contributed by atoms with van der Waals surface area (Å²) >= 11 is 1.42. The number of ether oxygens (including phenoxy) is 2. The first-order valence-electron chi connectivity index (χ1n) is 8.15. The normalized spacial score (nSPS) is 11.1. The summed E-state index contributed by atoms with van der Waals surface area (Å²) in [6.07, 6.45) is 5.17. The number of aromatic nitrogens is 2. The van der Waals surface area contributed by atoms with Crippen molar-refractivity contribution in [2.75, 3.05) is 19.5 Å². The zero-order valence-electron chi connectivity index (χ0n) is 14.9. The van der Waals surface area contributed by atoms with Gasteiger partial charge >= 0.3 is 0 Å². The molecular formula is C18H23N3O3S. The SMILES string of the molecule is CCC(CC)c1nnc(NC(=O)/C=C/c2cc(OC)cc(OC)c2)s1. The fraction of sp³-hybridized carbons (Fsp3) is 0.389. The van der Waals surface area contributed by atoms with Gasteiger partial charge in [-0.05, 0) is 36.6 Å². The summed E-state index contributed by atoms with van der Waals surface area (Å²) in [5.74, 6) is 1.47. The zero-order valence-corrected chi connectivity index (χ0v) is 15.7. The van der Waals surface area contributed by atoms with E-state index < -0.39 is 0 Å². The van der Waals surface area contributed by atoms with Crippen LogP contribution in [0.25, 0.3) is 6.08 Å². The summed E-state index contributed by atoms with van der Waals surface area (Å²) in [5, 5.41) is 12.4. The number of hydrogen-bond donors (Lipinski definition) is 1. The molecule has 2 rings (SSSR count). The molecule has 0 bridgehead atoms. The topological polar surface area (TPSA) is 73.3 Å². The highest BCUT2D eigenvalue weighted by atomic mass is 32.1. The Balaban J connectivity index is 2.04. The molecule has 0 saturated heterocycles. The predicted molar refractivity (Wildman–Crippen MR) is 100 cm³/mol. The lowest BCUT2D eigenvalue weighted by Crippen LogP contribution is -2.07. The van der Waals surface area contributed by atoms with Crippen LogP contribution in [-0.4, -0.2) is 30.3 Å². The Morgan fingerprint density at radius 3 is 2.36 bits per heavy atom. The number of methoxy groups -OCH3 is 2. The van der Waals surface area contributed by atoms with E-state index in [2.05, 4.69) is 29.4 Å². The summed E-state index contributed by atoms with van der Waals surface area (Å²) in [5.41, 5.74) is 0.807. The largest absolute Gasteiger partial charge is 0.497 e. The van der Waals surface area contributed by atoms with Gasteiger partial charge in [0.05, 0.1) is 14.2 Å². The van der Waals surface area contributed by atoms with Crippen molar-refractivity contribution in [3.05, 3.63) is 34.8 Å². The number of hydrogen-bond acceptors (Lipinski definition) is 6. The van der Waals surface area contributed by atoms with Crippen LogP contribution in [0, 0.1) is 0 Å². The maximum Gasteiger partial charge on any atom is 0.250 e. The molecule has 0 aliphatic heterocycles. The Kier molecular flexibility index (Phi) is 6.94. The number of nitrogens with one attached hydrogen (secondary N) is 1. The number of amides is 1. The highest BCUT2D eigenvalue weighted by Crippen LogP contribution is 2.28. The molecule has 134 valence electrons. The highest BCUT2D eigenvalue weighted by molar-refractivity contribution is 7.15. The van der Waals surface area contributed by atoms with Gasteiger partial charge in [-0.2, -0.15) is 0 Å². The van der Waals surface area contributed by atoms with Crippen LogP contribution in [0.5, 0.6) is 11.5 Å². The smallest absolute Gasteiger partial charge is 0.250 e. The van der Waals surface area contributed by atoms with E-state index in [9.17, 15) is 4.79 Å².